The minimum absolute atomic E-state index is 0.0424. The van der Waals surface area contributed by atoms with Gasteiger partial charge in [-0.25, -0.2) is 17.9 Å². The Balaban J connectivity index is 1.41. The highest BCUT2D eigenvalue weighted by Crippen LogP contribution is 2.38. The van der Waals surface area contributed by atoms with E-state index in [2.05, 4.69) is 24.7 Å². The van der Waals surface area contributed by atoms with Crippen molar-refractivity contribution in [2.75, 3.05) is 26.4 Å². The summed E-state index contributed by atoms with van der Waals surface area (Å²) in [5.41, 5.74) is 0.795. The molecule has 1 aromatic carbocycles. The zero-order chi connectivity index (χ0) is 28.9. The molecular weight excluding hydrogens is 539 g/mol. The third-order valence-electron chi connectivity index (χ3n) is 8.24. The molecule has 1 saturated carbocycles. The standard InChI is InChI=1S/C29H42F3N3O4Si/c1-40(2,3)16-15-38-19-35-25(12-13-33-35)22-5-4-14-34(27(37)17-36)26(22)18-39-21-8-6-20(7-9-21)28-23(30)10-11-24(31)29(28)32/h10-13,20-22,26,36H,4-9,14-19H2,1-3H3/t20-,21+,22?,26?. The lowest BCUT2D eigenvalue weighted by Gasteiger charge is -2.42. The summed E-state index contributed by atoms with van der Waals surface area (Å²) in [4.78, 5) is 14.4. The maximum atomic E-state index is 14.3. The lowest BCUT2D eigenvalue weighted by atomic mass is 9.82. The first-order valence-corrected chi connectivity index (χ1v) is 18.0. The molecule has 1 aliphatic carbocycles. The van der Waals surface area contributed by atoms with Crippen LogP contribution in [0.3, 0.4) is 0 Å². The zero-order valence-electron chi connectivity index (χ0n) is 23.8. The van der Waals surface area contributed by atoms with E-state index in [1.807, 2.05) is 10.7 Å². The van der Waals surface area contributed by atoms with Crippen LogP contribution in [0, 0.1) is 17.5 Å². The molecule has 1 saturated heterocycles. The Morgan fingerprint density at radius 3 is 2.50 bits per heavy atom. The van der Waals surface area contributed by atoms with Crippen LogP contribution in [0.4, 0.5) is 13.2 Å². The molecule has 1 N–H and O–H groups in total. The first kappa shape index (κ1) is 30.7. The Morgan fingerprint density at radius 2 is 1.80 bits per heavy atom. The van der Waals surface area contributed by atoms with Gasteiger partial charge in [0.1, 0.15) is 19.2 Å². The van der Waals surface area contributed by atoms with Gasteiger partial charge in [-0.1, -0.05) is 19.6 Å². The van der Waals surface area contributed by atoms with Gasteiger partial charge in [-0.15, -0.1) is 0 Å². The number of piperidine rings is 1. The van der Waals surface area contributed by atoms with Crippen LogP contribution in [-0.4, -0.2) is 72.3 Å². The highest BCUT2D eigenvalue weighted by atomic mass is 28.3. The van der Waals surface area contributed by atoms with Gasteiger partial charge in [-0.05, 0) is 68.7 Å². The lowest BCUT2D eigenvalue weighted by molar-refractivity contribution is -0.141. The van der Waals surface area contributed by atoms with Gasteiger partial charge < -0.3 is 19.5 Å². The van der Waals surface area contributed by atoms with Crippen LogP contribution in [0.25, 0.3) is 0 Å². The molecule has 0 bridgehead atoms. The molecule has 2 atom stereocenters. The van der Waals surface area contributed by atoms with Crippen molar-refractivity contribution in [3.8, 4) is 0 Å². The largest absolute Gasteiger partial charge is 0.387 e. The van der Waals surface area contributed by atoms with Crippen molar-refractivity contribution in [1.29, 1.82) is 0 Å². The number of amides is 1. The predicted octanol–water partition coefficient (Wildman–Crippen LogP) is 5.42. The number of ether oxygens (including phenoxy) is 2. The van der Waals surface area contributed by atoms with E-state index >= 15 is 0 Å². The maximum Gasteiger partial charge on any atom is 0.248 e. The molecule has 4 rings (SSSR count). The smallest absolute Gasteiger partial charge is 0.248 e. The number of carbonyl (C=O) groups excluding carboxylic acids is 1. The van der Waals surface area contributed by atoms with E-state index in [9.17, 15) is 23.1 Å². The molecule has 2 aromatic rings. The second-order valence-electron chi connectivity index (χ2n) is 12.2. The maximum absolute atomic E-state index is 14.3. The number of hydrogen-bond acceptors (Lipinski definition) is 5. The molecule has 1 aromatic heterocycles. The molecule has 2 unspecified atom stereocenters. The molecule has 11 heteroatoms. The Kier molecular flexibility index (Phi) is 10.5. The van der Waals surface area contributed by atoms with Crippen LogP contribution < -0.4 is 0 Å². The third kappa shape index (κ3) is 7.54. The number of aromatic nitrogens is 2. The summed E-state index contributed by atoms with van der Waals surface area (Å²) in [6.07, 6.45) is 5.36. The molecule has 1 amide bonds. The Labute approximate surface area is 235 Å². The predicted molar refractivity (Wildman–Crippen MR) is 148 cm³/mol. The van der Waals surface area contributed by atoms with Crippen LogP contribution in [-0.2, 0) is 21.0 Å². The van der Waals surface area contributed by atoms with E-state index in [4.69, 9.17) is 9.47 Å². The molecule has 1 aliphatic heterocycles. The number of hydrogen-bond donors (Lipinski definition) is 1. The average Bonchev–Trinajstić information content (AvgIpc) is 3.40. The van der Waals surface area contributed by atoms with E-state index in [0.717, 1.165) is 36.7 Å². The molecule has 40 heavy (non-hydrogen) atoms. The van der Waals surface area contributed by atoms with Crippen molar-refractivity contribution >= 4 is 14.0 Å². The first-order chi connectivity index (χ1) is 19.1. The van der Waals surface area contributed by atoms with E-state index in [-0.39, 0.29) is 36.1 Å². The molecule has 2 heterocycles. The summed E-state index contributed by atoms with van der Waals surface area (Å²) < 4.78 is 56.5. The minimum atomic E-state index is -1.21. The van der Waals surface area contributed by atoms with Gasteiger partial charge in [0.15, 0.2) is 11.6 Å². The fourth-order valence-electron chi connectivity index (χ4n) is 5.97. The van der Waals surface area contributed by atoms with Gasteiger partial charge in [0.05, 0.1) is 18.8 Å². The second kappa shape index (κ2) is 13.6. The van der Waals surface area contributed by atoms with Crippen molar-refractivity contribution in [3.63, 3.8) is 0 Å². The summed E-state index contributed by atoms with van der Waals surface area (Å²) in [5.74, 6) is -3.63. The van der Waals surface area contributed by atoms with Crippen molar-refractivity contribution in [2.45, 2.75) is 94.9 Å². The highest BCUT2D eigenvalue weighted by molar-refractivity contribution is 6.76. The normalized spacial score (nSPS) is 23.9. The first-order valence-electron chi connectivity index (χ1n) is 14.3. The van der Waals surface area contributed by atoms with Gasteiger partial charge >= 0.3 is 0 Å². The molecule has 2 aliphatic rings. The average molecular weight is 582 g/mol. The van der Waals surface area contributed by atoms with Gasteiger partial charge in [0, 0.05) is 44.6 Å². The fraction of sp³-hybridized carbons (Fsp3) is 0.655. The van der Waals surface area contributed by atoms with Crippen molar-refractivity contribution in [1.82, 2.24) is 14.7 Å². The quantitative estimate of drug-likeness (QED) is 0.218. The SMILES string of the molecule is C[Si](C)(C)CCOCn1nccc1C1CCCN(C(=O)CO)C1CO[C@H]1CC[C@@H](c2c(F)ccc(F)c2F)CC1. The monoisotopic (exact) mass is 581 g/mol. The fourth-order valence-corrected chi connectivity index (χ4v) is 6.73. The minimum Gasteiger partial charge on any atom is -0.387 e. The summed E-state index contributed by atoms with van der Waals surface area (Å²) >= 11 is 0. The van der Waals surface area contributed by atoms with Gasteiger partial charge in [-0.2, -0.15) is 5.10 Å². The number of likely N-dealkylation sites (tertiary alicyclic amines) is 1. The molecule has 7 nitrogen and oxygen atoms in total. The Bertz CT molecular complexity index is 1130. The van der Waals surface area contributed by atoms with Crippen molar-refractivity contribution in [2.24, 2.45) is 0 Å². The van der Waals surface area contributed by atoms with Gasteiger partial charge in [0.25, 0.3) is 0 Å². The van der Waals surface area contributed by atoms with Crippen LogP contribution in [0.2, 0.25) is 25.7 Å². The van der Waals surface area contributed by atoms with Gasteiger partial charge in [-0.3, -0.25) is 4.79 Å². The number of nitrogens with zero attached hydrogens (tertiary/aromatic N) is 3. The summed E-state index contributed by atoms with van der Waals surface area (Å²) in [6, 6.07) is 4.52. The van der Waals surface area contributed by atoms with E-state index in [0.29, 0.717) is 45.6 Å². The Morgan fingerprint density at radius 1 is 1.07 bits per heavy atom. The van der Waals surface area contributed by atoms with Crippen LogP contribution in [0.15, 0.2) is 24.4 Å². The topological polar surface area (TPSA) is 76.8 Å². The lowest BCUT2D eigenvalue weighted by Crippen LogP contribution is -2.51. The van der Waals surface area contributed by atoms with Crippen LogP contribution >= 0.6 is 0 Å². The van der Waals surface area contributed by atoms with E-state index in [1.165, 1.54) is 0 Å². The van der Waals surface area contributed by atoms with Crippen LogP contribution in [0.1, 0.15) is 61.6 Å². The second-order valence-corrected chi connectivity index (χ2v) is 17.9. The van der Waals surface area contributed by atoms with Crippen LogP contribution in [0.5, 0.6) is 0 Å². The molecule has 0 radical (unpaired) electrons. The van der Waals surface area contributed by atoms with E-state index < -0.39 is 38.1 Å². The van der Waals surface area contributed by atoms with E-state index in [1.54, 1.807) is 11.1 Å². The number of benzene rings is 1. The number of aliphatic hydroxyl groups is 1. The summed E-state index contributed by atoms with van der Waals surface area (Å²) in [7, 11) is -1.21. The highest BCUT2D eigenvalue weighted by Gasteiger charge is 2.38. The number of halogens is 3. The molecule has 222 valence electrons. The van der Waals surface area contributed by atoms with Gasteiger partial charge in [0.2, 0.25) is 5.91 Å². The summed E-state index contributed by atoms with van der Waals surface area (Å²) in [5, 5.41) is 14.1. The molecular formula is C29H42F3N3O4Si. The Hall–Kier alpha value is -2.21. The molecule has 0 spiro atoms. The molecule has 2 fully saturated rings. The van der Waals surface area contributed by atoms with Crippen molar-refractivity contribution < 1.29 is 32.5 Å². The van der Waals surface area contributed by atoms with Crippen molar-refractivity contribution in [3.05, 3.63) is 53.1 Å². The number of rotatable bonds is 11. The zero-order valence-corrected chi connectivity index (χ0v) is 24.8. The summed E-state index contributed by atoms with van der Waals surface area (Å²) in [6.45, 7) is 8.16. The third-order valence-corrected chi connectivity index (χ3v) is 9.94. The number of aliphatic hydroxyl groups excluding tert-OH is 1. The number of carbonyl (C=O) groups is 1.